The van der Waals surface area contributed by atoms with E-state index in [0.717, 1.165) is 85.6 Å². The Morgan fingerprint density at radius 3 is 1.38 bits per heavy atom. The van der Waals surface area contributed by atoms with Crippen LogP contribution in [-0.2, 0) is 53.2 Å². The molecule has 2 fully saturated rings. The van der Waals surface area contributed by atoms with E-state index in [4.69, 9.17) is 52.4 Å². The number of nitrogens with two attached hydrogens (primary N) is 2. The quantitative estimate of drug-likeness (QED) is 0.0356. The molecule has 8 N–H and O–H groups in total. The van der Waals surface area contributed by atoms with Crippen molar-refractivity contribution in [3.8, 4) is 11.5 Å². The smallest absolute Gasteiger partial charge is 0.335 e. The van der Waals surface area contributed by atoms with Crippen molar-refractivity contribution in [1.82, 2.24) is 0 Å². The third kappa shape index (κ3) is 16.2. The van der Waals surface area contributed by atoms with E-state index in [1.807, 2.05) is 38.1 Å². The van der Waals surface area contributed by atoms with Gasteiger partial charge in [0.05, 0.1) is 58.4 Å². The standard InChI is InChI=1S/2C34H45ClN2O7S/c2*1-22(32(14-16-43-2)45(36,41)42)5-3-7-30(38)27-11-8-25(27)19-37-20-34(15-4-6-23-17-26(35)10-12-28(23)34)21-44-31-13-9-24(33(39)40)18-29(31)37/h2*3,7,9-10,12-13,17-18,22,25,27,30,32,38H,4-6,8,11,14-16,19-21H2,1-2H3,(H,39,40)(H2,36,41,42)/b2*7-3+/t22-,25-,27+,30-,32+,34-;22-,25-,27+,30-,32-,34-/m00/s1. The molecule has 4 aliphatic carbocycles. The summed E-state index contributed by atoms with van der Waals surface area (Å²) in [5.74, 6) is -0.658. The van der Waals surface area contributed by atoms with Crippen molar-refractivity contribution in [1.29, 1.82) is 0 Å². The van der Waals surface area contributed by atoms with Crippen molar-refractivity contribution < 1.29 is 65.8 Å². The molecule has 0 bridgehead atoms. The summed E-state index contributed by atoms with van der Waals surface area (Å²) >= 11 is 12.7. The van der Waals surface area contributed by atoms with Crippen LogP contribution in [0.3, 0.4) is 0 Å². The van der Waals surface area contributed by atoms with E-state index in [1.54, 1.807) is 48.6 Å². The van der Waals surface area contributed by atoms with Crippen molar-refractivity contribution in [2.24, 2.45) is 45.8 Å². The summed E-state index contributed by atoms with van der Waals surface area (Å²) in [5.41, 5.74) is 6.33. The Morgan fingerprint density at radius 1 is 0.633 bits per heavy atom. The average molecular weight is 1320 g/mol. The van der Waals surface area contributed by atoms with Gasteiger partial charge in [0.1, 0.15) is 11.5 Å². The number of carboxylic acid groups (broad SMARTS) is 2. The van der Waals surface area contributed by atoms with Crippen LogP contribution in [0.5, 0.6) is 11.5 Å². The number of primary sulfonamides is 2. The highest BCUT2D eigenvalue weighted by Gasteiger charge is 2.47. The van der Waals surface area contributed by atoms with E-state index >= 15 is 0 Å². The summed E-state index contributed by atoms with van der Waals surface area (Å²) in [7, 11) is -4.39. The van der Waals surface area contributed by atoms with Crippen LogP contribution in [0, 0.1) is 35.5 Å². The van der Waals surface area contributed by atoms with Crippen LogP contribution in [0.2, 0.25) is 10.0 Å². The molecule has 492 valence electrons. The maximum absolute atomic E-state index is 12.1. The second kappa shape index (κ2) is 29.8. The normalized spacial score (nSPS) is 25.0. The molecule has 2 saturated carbocycles. The fraction of sp³-hybridized carbons (Fsp3) is 0.559. The summed E-state index contributed by atoms with van der Waals surface area (Å²) in [6, 6.07) is 22.3. The van der Waals surface area contributed by atoms with E-state index in [2.05, 4.69) is 34.1 Å². The van der Waals surface area contributed by atoms with Gasteiger partial charge in [0.25, 0.3) is 0 Å². The highest BCUT2D eigenvalue weighted by molar-refractivity contribution is 7.90. The SMILES string of the molecule is COCC[C@@H]([C@@H](C)C/C=C/[C@H](O)[C@@H]1CC[C@H]1CN1C[C@@]2(CCCc3cc(Cl)ccc32)COc2ccc(C(=O)O)cc21)S(N)(=O)=O.COCC[C@H]([C@@H](C)C/C=C/[C@H](O)[C@@H]1CC[C@H]1CN1C[C@@]2(CCCc3cc(Cl)ccc32)COc2ccc(C(=O)O)cc21)S(N)(=O)=O. The third-order valence-electron chi connectivity index (χ3n) is 20.3. The molecule has 2 heterocycles. The Hall–Kier alpha value is -5.26. The van der Waals surface area contributed by atoms with Gasteiger partial charge in [0.15, 0.2) is 0 Å². The van der Waals surface area contributed by atoms with Crippen LogP contribution >= 0.6 is 23.2 Å². The van der Waals surface area contributed by atoms with Crippen LogP contribution in [0.1, 0.15) is 134 Å². The third-order valence-corrected chi connectivity index (χ3v) is 23.9. The van der Waals surface area contributed by atoms with Gasteiger partial charge in [0, 0.05) is 74.5 Å². The van der Waals surface area contributed by atoms with E-state index in [9.17, 15) is 46.9 Å². The molecule has 90 heavy (non-hydrogen) atoms. The summed E-state index contributed by atoms with van der Waals surface area (Å²) in [5, 5.41) is 52.9. The Morgan fingerprint density at radius 2 is 1.03 bits per heavy atom. The van der Waals surface area contributed by atoms with Gasteiger partial charge < -0.3 is 49.2 Å². The van der Waals surface area contributed by atoms with Crippen LogP contribution in [0.15, 0.2) is 97.1 Å². The van der Waals surface area contributed by atoms with E-state index in [-0.39, 0.29) is 57.5 Å². The minimum atomic E-state index is -3.73. The van der Waals surface area contributed by atoms with E-state index in [1.165, 1.54) is 36.5 Å². The number of aliphatic hydroxyl groups is 2. The number of sulfonamides is 2. The van der Waals surface area contributed by atoms with Crippen LogP contribution in [0.4, 0.5) is 11.4 Å². The fourth-order valence-corrected chi connectivity index (χ4v) is 17.8. The number of halogens is 2. The molecular formula is C68H90Cl2N4O14S2. The highest BCUT2D eigenvalue weighted by atomic mass is 35.5. The summed E-state index contributed by atoms with van der Waals surface area (Å²) < 4.78 is 71.6. The molecule has 6 aliphatic rings. The molecule has 22 heteroatoms. The molecule has 0 amide bonds. The summed E-state index contributed by atoms with van der Waals surface area (Å²) in [4.78, 5) is 28.4. The molecule has 0 saturated heterocycles. The number of aryl methyl sites for hydroxylation is 2. The first-order chi connectivity index (χ1) is 42.8. The average Bonchev–Trinajstić information content (AvgIpc) is 1.48. The highest BCUT2D eigenvalue weighted by Crippen LogP contribution is 2.49. The number of carbonyl (C=O) groups is 2. The number of aromatic carboxylic acids is 2. The molecule has 10 rings (SSSR count). The molecule has 2 aliphatic heterocycles. The molecule has 4 aromatic carbocycles. The van der Waals surface area contributed by atoms with E-state index < -0.39 is 54.7 Å². The number of fused-ring (bicyclic) bond motifs is 6. The van der Waals surface area contributed by atoms with Gasteiger partial charge in [-0.15, -0.1) is 0 Å². The molecule has 0 aromatic heterocycles. The number of methoxy groups -OCH3 is 2. The maximum Gasteiger partial charge on any atom is 0.335 e. The lowest BCUT2D eigenvalue weighted by Gasteiger charge is -2.45. The molecule has 18 nitrogen and oxygen atoms in total. The van der Waals surface area contributed by atoms with Crippen LogP contribution in [-0.4, -0.2) is 139 Å². The minimum Gasteiger partial charge on any atom is -0.490 e. The van der Waals surface area contributed by atoms with Gasteiger partial charge in [-0.25, -0.2) is 36.7 Å². The van der Waals surface area contributed by atoms with Crippen molar-refractivity contribution >= 4 is 66.6 Å². The number of carboxylic acids is 2. The van der Waals surface area contributed by atoms with Crippen molar-refractivity contribution in [3.63, 3.8) is 0 Å². The van der Waals surface area contributed by atoms with Gasteiger partial charge in [0.2, 0.25) is 20.0 Å². The van der Waals surface area contributed by atoms with Gasteiger partial charge in [-0.3, -0.25) is 0 Å². The number of allylic oxidation sites excluding steroid dienone is 2. The zero-order chi connectivity index (χ0) is 64.7. The predicted molar refractivity (Wildman–Crippen MR) is 351 cm³/mol. The number of hydrogen-bond donors (Lipinski definition) is 6. The molecule has 0 radical (unpaired) electrons. The molecule has 0 unspecified atom stereocenters. The Kier molecular flexibility index (Phi) is 22.9. The minimum absolute atomic E-state index is 0.0303. The van der Waals surface area contributed by atoms with Crippen molar-refractivity contribution in [2.45, 2.75) is 137 Å². The lowest BCUT2D eigenvalue weighted by molar-refractivity contribution is 0.0454. The zero-order valence-corrected chi connectivity index (χ0v) is 55.2. The maximum atomic E-state index is 12.1. The lowest BCUT2D eigenvalue weighted by atomic mass is 9.68. The second-order valence-corrected chi connectivity index (χ2v) is 30.7. The fourth-order valence-electron chi connectivity index (χ4n) is 15.1. The Balaban J connectivity index is 0.000000213. The summed E-state index contributed by atoms with van der Waals surface area (Å²) in [6.45, 7) is 7.93. The van der Waals surface area contributed by atoms with Gasteiger partial charge in [-0.2, -0.15) is 0 Å². The zero-order valence-electron chi connectivity index (χ0n) is 52.1. The first kappa shape index (κ1) is 69.1. The van der Waals surface area contributed by atoms with Gasteiger partial charge in [-0.05, 0) is 208 Å². The molecule has 12 atom stereocenters. The van der Waals surface area contributed by atoms with Crippen molar-refractivity contribution in [3.05, 3.63) is 141 Å². The Labute approximate surface area is 541 Å². The van der Waals surface area contributed by atoms with Gasteiger partial charge in [-0.1, -0.05) is 73.5 Å². The topological polar surface area (TPSA) is 279 Å². The van der Waals surface area contributed by atoms with E-state index in [0.29, 0.717) is 89.8 Å². The number of aliphatic hydroxyl groups excluding tert-OH is 2. The molecule has 4 aromatic rings. The number of anilines is 2. The largest absolute Gasteiger partial charge is 0.490 e. The number of rotatable bonds is 24. The van der Waals surface area contributed by atoms with Crippen LogP contribution in [0.25, 0.3) is 0 Å². The predicted octanol–water partition coefficient (Wildman–Crippen LogP) is 10.3. The first-order valence-corrected chi connectivity index (χ1v) is 35.6. The number of ether oxygens (including phenoxy) is 4. The van der Waals surface area contributed by atoms with Gasteiger partial charge >= 0.3 is 11.9 Å². The first-order valence-electron chi connectivity index (χ1n) is 31.6. The molecular weight excluding hydrogens is 1230 g/mol. The monoisotopic (exact) mass is 1320 g/mol. The van der Waals surface area contributed by atoms with Crippen LogP contribution < -0.4 is 29.6 Å². The number of nitrogens with zero attached hydrogens (tertiary/aromatic N) is 2. The number of hydrogen-bond acceptors (Lipinski definition) is 14. The van der Waals surface area contributed by atoms with Crippen molar-refractivity contribution in [2.75, 3.05) is 76.6 Å². The second-order valence-electron chi connectivity index (χ2n) is 26.3. The number of benzene rings is 4. The Bertz CT molecular complexity index is 3260. The summed E-state index contributed by atoms with van der Waals surface area (Å²) in [6.07, 6.45) is 17.0. The lowest BCUT2D eigenvalue weighted by Crippen LogP contribution is -2.49. The molecule has 2 spiro atoms.